The van der Waals surface area contributed by atoms with Gasteiger partial charge in [-0.05, 0) is 44.2 Å². The average Bonchev–Trinajstić information content (AvgIpc) is 3.12. The Morgan fingerprint density at radius 2 is 1.88 bits per heavy atom. The minimum atomic E-state index is 0.765. The number of rotatable bonds is 4. The molecule has 0 fully saturated rings. The summed E-state index contributed by atoms with van der Waals surface area (Å²) in [5.74, 6) is 0.988. The molecule has 0 aliphatic heterocycles. The number of para-hydroxylation sites is 1. The fraction of sp³-hybridized carbons (Fsp3) is 0.263. The Bertz CT molecular complexity index is 929. The number of aryl methyl sites for hydroxylation is 2. The van der Waals surface area contributed by atoms with Crippen LogP contribution in [0.1, 0.15) is 22.6 Å². The highest BCUT2D eigenvalue weighted by molar-refractivity contribution is 5.78. The van der Waals surface area contributed by atoms with E-state index in [-0.39, 0.29) is 0 Å². The van der Waals surface area contributed by atoms with E-state index in [2.05, 4.69) is 65.6 Å². The number of pyridine rings is 1. The number of nitrogens with zero attached hydrogens (tertiary/aromatic N) is 4. The molecule has 0 aliphatic rings. The number of hydrogen-bond acceptors (Lipinski definition) is 3. The monoisotopic (exact) mass is 319 g/mol. The first-order valence-corrected chi connectivity index (χ1v) is 8.16. The molecule has 0 radical (unpaired) electrons. The lowest BCUT2D eigenvalue weighted by Crippen LogP contribution is -2.18. The summed E-state index contributed by atoms with van der Waals surface area (Å²) < 4.78 is 2.09. The van der Waals surface area contributed by atoms with Gasteiger partial charge in [-0.15, -0.1) is 0 Å². The van der Waals surface area contributed by atoms with Crippen molar-refractivity contribution in [2.75, 3.05) is 7.05 Å². The zero-order valence-electron chi connectivity index (χ0n) is 14.2. The number of nitrogens with one attached hydrogen (secondary N) is 1. The van der Waals surface area contributed by atoms with Gasteiger partial charge in [0.15, 0.2) is 0 Å². The van der Waals surface area contributed by atoms with Crippen LogP contribution in [0.3, 0.4) is 0 Å². The number of H-pyrrole nitrogens is 1. The molecule has 0 bridgehead atoms. The largest absolute Gasteiger partial charge is 0.341 e. The third-order valence-corrected chi connectivity index (χ3v) is 4.34. The van der Waals surface area contributed by atoms with E-state index in [9.17, 15) is 0 Å². The van der Waals surface area contributed by atoms with Gasteiger partial charge in [0.2, 0.25) is 0 Å². The lowest BCUT2D eigenvalue weighted by Gasteiger charge is -2.12. The van der Waals surface area contributed by atoms with Gasteiger partial charge in [-0.2, -0.15) is 0 Å². The van der Waals surface area contributed by atoms with E-state index >= 15 is 0 Å². The zero-order chi connectivity index (χ0) is 16.7. The molecule has 24 heavy (non-hydrogen) atoms. The minimum Gasteiger partial charge on any atom is -0.341 e. The van der Waals surface area contributed by atoms with Crippen LogP contribution >= 0.6 is 0 Å². The summed E-state index contributed by atoms with van der Waals surface area (Å²) in [4.78, 5) is 15.1. The normalized spacial score (nSPS) is 11.8. The molecule has 1 N–H and O–H groups in total. The van der Waals surface area contributed by atoms with Gasteiger partial charge in [-0.1, -0.05) is 18.2 Å². The van der Waals surface area contributed by atoms with Crippen LogP contribution in [0.25, 0.3) is 16.7 Å². The first kappa shape index (κ1) is 14.9. The predicted octanol–water partition coefficient (Wildman–Crippen LogP) is 3.46. The maximum atomic E-state index is 4.74. The van der Waals surface area contributed by atoms with Crippen molar-refractivity contribution in [3.05, 3.63) is 65.4 Å². The highest BCUT2D eigenvalue weighted by atomic mass is 15.1. The van der Waals surface area contributed by atoms with Crippen LogP contribution in [0.2, 0.25) is 0 Å². The van der Waals surface area contributed by atoms with E-state index in [1.165, 1.54) is 11.1 Å². The molecule has 0 amide bonds. The summed E-state index contributed by atoms with van der Waals surface area (Å²) >= 11 is 0. The number of imidazole rings is 2. The van der Waals surface area contributed by atoms with Crippen LogP contribution in [0.5, 0.6) is 0 Å². The zero-order valence-corrected chi connectivity index (χ0v) is 14.2. The van der Waals surface area contributed by atoms with E-state index in [1.54, 1.807) is 0 Å². The SMILES string of the molecule is Cc1cccc2[nH]c(CN(C)Cc3cn4cccc(C)c4n3)nc12. The molecule has 5 nitrogen and oxygen atoms in total. The van der Waals surface area contributed by atoms with Crippen molar-refractivity contribution in [3.63, 3.8) is 0 Å². The summed E-state index contributed by atoms with van der Waals surface area (Å²) in [5.41, 5.74) is 6.65. The second-order valence-electron chi connectivity index (χ2n) is 6.48. The average molecular weight is 319 g/mol. The van der Waals surface area contributed by atoms with E-state index in [4.69, 9.17) is 9.97 Å². The molecule has 122 valence electrons. The Hall–Kier alpha value is -2.66. The summed E-state index contributed by atoms with van der Waals surface area (Å²) in [6, 6.07) is 10.4. The summed E-state index contributed by atoms with van der Waals surface area (Å²) in [6.07, 6.45) is 4.14. The van der Waals surface area contributed by atoms with Gasteiger partial charge in [0.25, 0.3) is 0 Å². The third-order valence-electron chi connectivity index (χ3n) is 4.34. The van der Waals surface area contributed by atoms with Crippen molar-refractivity contribution in [2.45, 2.75) is 26.9 Å². The Labute approximate surface area is 141 Å². The quantitative estimate of drug-likeness (QED) is 0.627. The highest BCUT2D eigenvalue weighted by Gasteiger charge is 2.10. The number of fused-ring (bicyclic) bond motifs is 2. The molecule has 3 aromatic heterocycles. The molecule has 4 rings (SSSR count). The Balaban J connectivity index is 1.53. The van der Waals surface area contributed by atoms with Gasteiger partial charge in [0.05, 0.1) is 23.3 Å². The molecule has 5 heteroatoms. The molecular formula is C19H21N5. The molecule has 1 aromatic carbocycles. The topological polar surface area (TPSA) is 49.2 Å². The van der Waals surface area contributed by atoms with Crippen molar-refractivity contribution in [3.8, 4) is 0 Å². The maximum absolute atomic E-state index is 4.74. The van der Waals surface area contributed by atoms with Gasteiger partial charge in [0, 0.05) is 18.9 Å². The maximum Gasteiger partial charge on any atom is 0.139 e. The number of aromatic amines is 1. The van der Waals surface area contributed by atoms with E-state index < -0.39 is 0 Å². The molecule has 0 unspecified atom stereocenters. The second kappa shape index (κ2) is 5.76. The van der Waals surface area contributed by atoms with Crippen LogP contribution in [0.4, 0.5) is 0 Å². The van der Waals surface area contributed by atoms with E-state index in [0.29, 0.717) is 0 Å². The van der Waals surface area contributed by atoms with E-state index in [0.717, 1.165) is 41.3 Å². The molecular weight excluding hydrogens is 298 g/mol. The Morgan fingerprint density at radius 1 is 1.04 bits per heavy atom. The van der Waals surface area contributed by atoms with Crippen molar-refractivity contribution < 1.29 is 0 Å². The second-order valence-corrected chi connectivity index (χ2v) is 6.48. The third kappa shape index (κ3) is 2.67. The number of aromatic nitrogens is 4. The minimum absolute atomic E-state index is 0.765. The van der Waals surface area contributed by atoms with Crippen LogP contribution in [0.15, 0.2) is 42.7 Å². The highest BCUT2D eigenvalue weighted by Crippen LogP contribution is 2.17. The number of hydrogen-bond donors (Lipinski definition) is 1. The van der Waals surface area contributed by atoms with Crippen LogP contribution in [0, 0.1) is 13.8 Å². The molecule has 0 spiro atoms. The van der Waals surface area contributed by atoms with Crippen LogP contribution in [-0.2, 0) is 13.1 Å². The Kier molecular flexibility index (Phi) is 3.58. The molecule has 0 saturated carbocycles. The van der Waals surface area contributed by atoms with Crippen LogP contribution < -0.4 is 0 Å². The summed E-state index contributed by atoms with van der Waals surface area (Å²) in [6.45, 7) is 5.74. The Morgan fingerprint density at radius 3 is 2.67 bits per heavy atom. The van der Waals surface area contributed by atoms with Crippen molar-refractivity contribution >= 4 is 16.7 Å². The lowest BCUT2D eigenvalue weighted by atomic mass is 10.2. The summed E-state index contributed by atoms with van der Waals surface area (Å²) in [5, 5.41) is 0. The van der Waals surface area contributed by atoms with Crippen molar-refractivity contribution in [1.82, 2.24) is 24.3 Å². The van der Waals surface area contributed by atoms with Gasteiger partial charge < -0.3 is 9.38 Å². The van der Waals surface area contributed by atoms with Gasteiger partial charge in [-0.3, -0.25) is 4.90 Å². The summed E-state index contributed by atoms with van der Waals surface area (Å²) in [7, 11) is 2.09. The van der Waals surface area contributed by atoms with Crippen molar-refractivity contribution in [2.24, 2.45) is 0 Å². The van der Waals surface area contributed by atoms with Gasteiger partial charge in [0.1, 0.15) is 11.5 Å². The van der Waals surface area contributed by atoms with Gasteiger partial charge in [-0.25, -0.2) is 9.97 Å². The molecule has 0 aliphatic carbocycles. The molecule has 4 aromatic rings. The number of benzene rings is 1. The molecule has 0 atom stereocenters. The fourth-order valence-electron chi connectivity index (χ4n) is 3.17. The predicted molar refractivity (Wildman–Crippen MR) is 95.9 cm³/mol. The van der Waals surface area contributed by atoms with Crippen molar-refractivity contribution in [1.29, 1.82) is 0 Å². The van der Waals surface area contributed by atoms with E-state index in [1.807, 2.05) is 12.3 Å². The van der Waals surface area contributed by atoms with Gasteiger partial charge >= 0.3 is 0 Å². The molecule has 3 heterocycles. The lowest BCUT2D eigenvalue weighted by molar-refractivity contribution is 0.309. The fourth-order valence-corrected chi connectivity index (χ4v) is 3.17. The smallest absolute Gasteiger partial charge is 0.139 e. The first-order valence-electron chi connectivity index (χ1n) is 8.16. The molecule has 0 saturated heterocycles. The first-order chi connectivity index (χ1) is 11.6. The standard InChI is InChI=1S/C19H21N5/c1-13-6-4-8-16-18(13)22-17(21-16)12-23(3)10-15-11-24-9-5-7-14(2)19(24)20-15/h4-9,11H,10,12H2,1-3H3,(H,21,22). The van der Waals surface area contributed by atoms with Crippen LogP contribution in [-0.4, -0.2) is 31.3 Å².